The molecule has 2 unspecified atom stereocenters. The van der Waals surface area contributed by atoms with Crippen LogP contribution in [0.15, 0.2) is 12.2 Å². The Bertz CT molecular complexity index is 526. The Hall–Kier alpha value is -1.93. The minimum atomic E-state index is -1.02. The average Bonchev–Trinajstić information content (AvgIpc) is 2.53. The molecule has 168 valence electrons. The Balaban J connectivity index is 3.95. The van der Waals surface area contributed by atoms with Crippen molar-refractivity contribution in [3.63, 3.8) is 0 Å². The highest BCUT2D eigenvalue weighted by atomic mass is 16.5. The van der Waals surface area contributed by atoms with Gasteiger partial charge in [0.05, 0.1) is 40.1 Å². The topological polar surface area (TPSA) is 121 Å². The van der Waals surface area contributed by atoms with Crippen molar-refractivity contribution in [3.05, 3.63) is 12.2 Å². The van der Waals surface area contributed by atoms with Crippen LogP contribution in [0.2, 0.25) is 0 Å². The number of carbonyl (C=O) groups excluding carboxylic acids is 1. The Morgan fingerprint density at radius 2 is 1.52 bits per heavy atom. The molecule has 2 atom stereocenters. The van der Waals surface area contributed by atoms with E-state index in [-0.39, 0.29) is 19.3 Å². The van der Waals surface area contributed by atoms with E-state index in [2.05, 4.69) is 0 Å². The Labute approximate surface area is 173 Å². The van der Waals surface area contributed by atoms with Crippen LogP contribution in [0.25, 0.3) is 0 Å². The molecule has 0 spiro atoms. The number of aliphatic hydroxyl groups is 1. The van der Waals surface area contributed by atoms with Gasteiger partial charge < -0.3 is 24.5 Å². The van der Waals surface area contributed by atoms with Crippen molar-refractivity contribution in [3.8, 4) is 0 Å². The van der Waals surface area contributed by atoms with Crippen LogP contribution in [0.4, 0.5) is 0 Å². The Kier molecular flexibility index (Phi) is 14.0. The Morgan fingerprint density at radius 1 is 0.897 bits per heavy atom. The highest BCUT2D eigenvalue weighted by Crippen LogP contribution is 2.12. The molecule has 0 aliphatic heterocycles. The maximum absolute atomic E-state index is 12.0. The summed E-state index contributed by atoms with van der Waals surface area (Å²) in [6.45, 7) is 0.387. The van der Waals surface area contributed by atoms with Gasteiger partial charge in [-0.3, -0.25) is 14.4 Å². The average molecular weight is 417 g/mol. The first-order valence-corrected chi connectivity index (χ1v) is 10.3. The molecule has 0 aromatic heterocycles. The van der Waals surface area contributed by atoms with Gasteiger partial charge in [-0.25, -0.2) is 0 Å². The van der Waals surface area contributed by atoms with Crippen LogP contribution >= 0.6 is 0 Å². The molecule has 0 rings (SSSR count). The number of allylic oxidation sites excluding steroid dienone is 2. The zero-order valence-corrected chi connectivity index (χ0v) is 18.0. The van der Waals surface area contributed by atoms with E-state index in [4.69, 9.17) is 14.9 Å². The standard InChI is InChI=1S/C21H37NO7/c1-22(2,3)16-18(15-20(26)27)29-21(28)14-17(23)12-10-8-6-4-5-7-9-11-13-19(24)25/h5,7,17-18,23H,4,6,8-16H2,1-3H3,(H-,24,25,26,27)/p+1/b7-5+. The lowest BCUT2D eigenvalue weighted by Crippen LogP contribution is -2.44. The summed E-state index contributed by atoms with van der Waals surface area (Å²) in [5.41, 5.74) is 0. The zero-order valence-electron chi connectivity index (χ0n) is 18.0. The lowest BCUT2D eigenvalue weighted by Gasteiger charge is -2.28. The molecular formula is C21H38NO7+. The second-order valence-electron chi connectivity index (χ2n) is 8.44. The van der Waals surface area contributed by atoms with Gasteiger partial charge in [0.15, 0.2) is 6.10 Å². The van der Waals surface area contributed by atoms with Gasteiger partial charge in [-0.1, -0.05) is 25.0 Å². The third-order valence-electron chi connectivity index (χ3n) is 4.19. The smallest absolute Gasteiger partial charge is 0.308 e. The molecule has 0 saturated heterocycles. The Morgan fingerprint density at radius 3 is 2.07 bits per heavy atom. The summed E-state index contributed by atoms with van der Waals surface area (Å²) in [6, 6.07) is 0. The fourth-order valence-electron chi connectivity index (χ4n) is 2.90. The summed E-state index contributed by atoms with van der Waals surface area (Å²) in [7, 11) is 5.67. The predicted molar refractivity (Wildman–Crippen MR) is 109 cm³/mol. The second kappa shape index (κ2) is 15.0. The number of aliphatic hydroxyl groups excluding tert-OH is 1. The SMILES string of the molecule is C[N+](C)(C)CC(CC(=O)O)OC(=O)CC(O)CCCCC/C=C/CCCC(=O)O. The molecule has 0 heterocycles. The first kappa shape index (κ1) is 27.1. The van der Waals surface area contributed by atoms with E-state index >= 15 is 0 Å². The van der Waals surface area contributed by atoms with Crippen LogP contribution in [0.1, 0.15) is 64.2 Å². The van der Waals surface area contributed by atoms with Crippen molar-refractivity contribution >= 4 is 17.9 Å². The maximum Gasteiger partial charge on any atom is 0.308 e. The third-order valence-corrected chi connectivity index (χ3v) is 4.19. The molecule has 0 radical (unpaired) electrons. The molecule has 0 aliphatic carbocycles. The molecule has 0 aliphatic rings. The summed E-state index contributed by atoms with van der Waals surface area (Å²) in [6.07, 6.45) is 7.87. The number of carbonyl (C=O) groups is 3. The number of hydrogen-bond donors (Lipinski definition) is 3. The fourth-order valence-corrected chi connectivity index (χ4v) is 2.90. The predicted octanol–water partition coefficient (Wildman–Crippen LogP) is 2.59. The molecule has 0 fully saturated rings. The summed E-state index contributed by atoms with van der Waals surface area (Å²) in [4.78, 5) is 33.3. The summed E-state index contributed by atoms with van der Waals surface area (Å²) in [5.74, 6) is -2.36. The zero-order chi connectivity index (χ0) is 22.3. The first-order valence-electron chi connectivity index (χ1n) is 10.3. The minimum absolute atomic E-state index is 0.128. The molecule has 8 nitrogen and oxygen atoms in total. The largest absolute Gasteiger partial charge is 0.481 e. The van der Waals surface area contributed by atoms with Gasteiger partial charge in [0.1, 0.15) is 6.54 Å². The first-order chi connectivity index (χ1) is 13.5. The number of quaternary nitrogens is 1. The van der Waals surface area contributed by atoms with Gasteiger partial charge in [0, 0.05) is 6.42 Å². The van der Waals surface area contributed by atoms with E-state index in [1.165, 1.54) is 0 Å². The molecule has 0 amide bonds. The molecule has 29 heavy (non-hydrogen) atoms. The van der Waals surface area contributed by atoms with Crippen molar-refractivity contribution in [2.45, 2.75) is 76.4 Å². The molecule has 0 bridgehead atoms. The van der Waals surface area contributed by atoms with E-state index in [9.17, 15) is 19.5 Å². The number of carboxylic acid groups (broad SMARTS) is 2. The third kappa shape index (κ3) is 19.2. The van der Waals surface area contributed by atoms with Crippen molar-refractivity contribution in [2.24, 2.45) is 0 Å². The van der Waals surface area contributed by atoms with Gasteiger partial charge in [-0.2, -0.15) is 0 Å². The molecule has 3 N–H and O–H groups in total. The summed E-state index contributed by atoms with van der Waals surface area (Å²) in [5, 5.41) is 27.5. The van der Waals surface area contributed by atoms with Crippen molar-refractivity contribution in [2.75, 3.05) is 27.7 Å². The number of rotatable bonds is 17. The van der Waals surface area contributed by atoms with Gasteiger partial charge in [-0.05, 0) is 32.1 Å². The van der Waals surface area contributed by atoms with Crippen LogP contribution < -0.4 is 0 Å². The molecule has 0 aromatic rings. The number of hydrogen-bond acceptors (Lipinski definition) is 5. The summed E-state index contributed by atoms with van der Waals surface area (Å²) >= 11 is 0. The van der Waals surface area contributed by atoms with Gasteiger partial charge in [0.25, 0.3) is 0 Å². The van der Waals surface area contributed by atoms with Crippen LogP contribution in [-0.2, 0) is 19.1 Å². The molecule has 8 heteroatoms. The van der Waals surface area contributed by atoms with E-state index in [0.717, 1.165) is 32.1 Å². The van der Waals surface area contributed by atoms with Crippen molar-refractivity contribution in [1.29, 1.82) is 0 Å². The highest BCUT2D eigenvalue weighted by molar-refractivity contribution is 5.72. The number of unbranched alkanes of at least 4 members (excludes halogenated alkanes) is 4. The molecule has 0 saturated carbocycles. The van der Waals surface area contributed by atoms with E-state index < -0.39 is 30.1 Å². The van der Waals surface area contributed by atoms with Crippen molar-refractivity contribution in [1.82, 2.24) is 0 Å². The number of nitrogens with zero attached hydrogens (tertiary/aromatic N) is 1. The molecular weight excluding hydrogens is 378 g/mol. The minimum Gasteiger partial charge on any atom is -0.481 e. The van der Waals surface area contributed by atoms with E-state index in [0.29, 0.717) is 23.9 Å². The number of likely N-dealkylation sites (N-methyl/N-ethyl adjacent to an activating group) is 1. The monoisotopic (exact) mass is 416 g/mol. The number of ether oxygens (including phenoxy) is 1. The van der Waals surface area contributed by atoms with Gasteiger partial charge in [0.2, 0.25) is 0 Å². The van der Waals surface area contributed by atoms with Crippen LogP contribution in [0.3, 0.4) is 0 Å². The van der Waals surface area contributed by atoms with Crippen LogP contribution in [0.5, 0.6) is 0 Å². The second-order valence-corrected chi connectivity index (χ2v) is 8.44. The lowest BCUT2D eigenvalue weighted by atomic mass is 10.1. The number of carboxylic acids is 2. The number of esters is 1. The van der Waals surface area contributed by atoms with E-state index in [1.807, 2.05) is 33.3 Å². The quantitative estimate of drug-likeness (QED) is 0.144. The summed E-state index contributed by atoms with van der Waals surface area (Å²) < 4.78 is 5.75. The lowest BCUT2D eigenvalue weighted by molar-refractivity contribution is -0.873. The van der Waals surface area contributed by atoms with Crippen LogP contribution in [-0.4, -0.2) is 77.6 Å². The van der Waals surface area contributed by atoms with Crippen molar-refractivity contribution < 1.29 is 38.9 Å². The molecule has 0 aromatic carbocycles. The van der Waals surface area contributed by atoms with Gasteiger partial charge >= 0.3 is 17.9 Å². The van der Waals surface area contributed by atoms with E-state index in [1.54, 1.807) is 0 Å². The fraction of sp³-hybridized carbons (Fsp3) is 0.762. The normalized spacial score (nSPS) is 13.9. The van der Waals surface area contributed by atoms with Gasteiger partial charge in [-0.15, -0.1) is 0 Å². The van der Waals surface area contributed by atoms with Crippen LogP contribution in [0, 0.1) is 0 Å². The highest BCUT2D eigenvalue weighted by Gasteiger charge is 2.25. The number of aliphatic carboxylic acids is 2. The maximum atomic E-state index is 12.0.